The van der Waals surface area contributed by atoms with Gasteiger partial charge >= 0.3 is 0 Å². The van der Waals surface area contributed by atoms with Gasteiger partial charge in [0.1, 0.15) is 0 Å². The van der Waals surface area contributed by atoms with E-state index in [-0.39, 0.29) is 0 Å². The fourth-order valence-corrected chi connectivity index (χ4v) is 3.53. The highest BCUT2D eigenvalue weighted by molar-refractivity contribution is 5.30. The van der Waals surface area contributed by atoms with Crippen molar-refractivity contribution in [2.75, 3.05) is 0 Å². The Kier molecular flexibility index (Phi) is 5.00. The Morgan fingerprint density at radius 3 is 2.58 bits per heavy atom. The molecular formula is C17H28N2. The van der Waals surface area contributed by atoms with Gasteiger partial charge in [0.15, 0.2) is 0 Å². The van der Waals surface area contributed by atoms with Gasteiger partial charge in [0.2, 0.25) is 0 Å². The van der Waals surface area contributed by atoms with Crippen LogP contribution in [0.15, 0.2) is 24.3 Å². The van der Waals surface area contributed by atoms with Crippen LogP contribution in [0.2, 0.25) is 0 Å². The highest BCUT2D eigenvalue weighted by atomic mass is 15.2. The summed E-state index contributed by atoms with van der Waals surface area (Å²) in [5.41, 5.74) is 5.93. The van der Waals surface area contributed by atoms with Gasteiger partial charge in [-0.1, -0.05) is 51.5 Å². The molecule has 0 bridgehead atoms. The summed E-state index contributed by atoms with van der Waals surface area (Å²) < 4.78 is 0. The summed E-state index contributed by atoms with van der Waals surface area (Å²) in [6.45, 7) is 6.99. The molecule has 1 aromatic carbocycles. The molecular weight excluding hydrogens is 232 g/mol. The first-order valence-electron chi connectivity index (χ1n) is 7.71. The third-order valence-corrected chi connectivity index (χ3v) is 5.06. The molecule has 0 amide bonds. The van der Waals surface area contributed by atoms with Crippen molar-refractivity contribution in [3.05, 3.63) is 35.4 Å². The van der Waals surface area contributed by atoms with E-state index in [1.54, 1.807) is 0 Å². The molecule has 3 N–H and O–H groups in total. The lowest BCUT2D eigenvalue weighted by molar-refractivity contribution is 0.171. The van der Waals surface area contributed by atoms with Crippen molar-refractivity contribution in [3.8, 4) is 0 Å². The Morgan fingerprint density at radius 2 is 1.95 bits per heavy atom. The molecule has 4 unspecified atom stereocenters. The maximum atomic E-state index is 5.89. The summed E-state index contributed by atoms with van der Waals surface area (Å²) in [5, 5.41) is 0. The predicted molar refractivity (Wildman–Crippen MR) is 81.6 cm³/mol. The van der Waals surface area contributed by atoms with Gasteiger partial charge in [-0.2, -0.15) is 0 Å². The third kappa shape index (κ3) is 3.18. The van der Waals surface area contributed by atoms with Gasteiger partial charge in [-0.25, -0.2) is 0 Å². The average Bonchev–Trinajstić information content (AvgIpc) is 2.44. The summed E-state index contributed by atoms with van der Waals surface area (Å²) in [6.07, 6.45) is 4.98. The van der Waals surface area contributed by atoms with E-state index in [0.717, 1.165) is 18.3 Å². The van der Waals surface area contributed by atoms with E-state index in [4.69, 9.17) is 5.84 Å². The highest BCUT2D eigenvalue weighted by Gasteiger charge is 2.31. The Hall–Kier alpha value is -0.860. The SMILES string of the molecule is CCc1ccccc1C(NN)C1CCC(C)C(C)C1. The number of rotatable bonds is 4. The fourth-order valence-electron chi connectivity index (χ4n) is 3.53. The molecule has 106 valence electrons. The lowest BCUT2D eigenvalue weighted by atomic mass is 9.71. The van der Waals surface area contributed by atoms with Crippen LogP contribution in [0.5, 0.6) is 0 Å². The van der Waals surface area contributed by atoms with Crippen LogP contribution in [0.4, 0.5) is 0 Å². The van der Waals surface area contributed by atoms with Crippen LogP contribution in [-0.2, 0) is 6.42 Å². The number of hydrogen-bond donors (Lipinski definition) is 2. The summed E-state index contributed by atoms with van der Waals surface area (Å²) in [4.78, 5) is 0. The van der Waals surface area contributed by atoms with Crippen molar-refractivity contribution in [3.63, 3.8) is 0 Å². The van der Waals surface area contributed by atoms with Gasteiger partial charge in [-0.15, -0.1) is 0 Å². The maximum Gasteiger partial charge on any atom is 0.0490 e. The summed E-state index contributed by atoms with van der Waals surface area (Å²) >= 11 is 0. The summed E-state index contributed by atoms with van der Waals surface area (Å²) in [7, 11) is 0. The van der Waals surface area contributed by atoms with Gasteiger partial charge in [-0.05, 0) is 48.1 Å². The quantitative estimate of drug-likeness (QED) is 0.638. The molecule has 0 aliphatic heterocycles. The number of hydrazine groups is 1. The predicted octanol–water partition coefficient (Wildman–Crippen LogP) is 3.83. The van der Waals surface area contributed by atoms with E-state index in [9.17, 15) is 0 Å². The Labute approximate surface area is 117 Å². The van der Waals surface area contributed by atoms with Gasteiger partial charge in [0.25, 0.3) is 0 Å². The Balaban J connectivity index is 2.20. The van der Waals surface area contributed by atoms with Crippen LogP contribution in [0.25, 0.3) is 0 Å². The zero-order valence-corrected chi connectivity index (χ0v) is 12.5. The lowest BCUT2D eigenvalue weighted by Crippen LogP contribution is -2.37. The van der Waals surface area contributed by atoms with Crippen LogP contribution in [0.3, 0.4) is 0 Å². The second-order valence-corrected chi connectivity index (χ2v) is 6.22. The number of hydrogen-bond acceptors (Lipinski definition) is 2. The largest absolute Gasteiger partial charge is 0.271 e. The van der Waals surface area contributed by atoms with Crippen LogP contribution in [-0.4, -0.2) is 0 Å². The summed E-state index contributed by atoms with van der Waals surface area (Å²) in [5.74, 6) is 8.23. The topological polar surface area (TPSA) is 38.0 Å². The standard InChI is InChI=1S/C17H28N2/c1-4-14-7-5-6-8-16(14)17(19-18)15-10-9-12(2)13(3)11-15/h5-8,12-13,15,17,19H,4,9-11,18H2,1-3H3. The molecule has 0 aromatic heterocycles. The minimum absolute atomic E-state index is 0.311. The first-order valence-corrected chi connectivity index (χ1v) is 7.71. The number of nitrogens with one attached hydrogen (secondary N) is 1. The zero-order valence-electron chi connectivity index (χ0n) is 12.5. The maximum absolute atomic E-state index is 5.89. The number of benzene rings is 1. The molecule has 1 aliphatic rings. The van der Waals surface area contributed by atoms with Crippen molar-refractivity contribution in [1.82, 2.24) is 5.43 Å². The molecule has 4 atom stereocenters. The van der Waals surface area contributed by atoms with E-state index >= 15 is 0 Å². The number of aryl methyl sites for hydroxylation is 1. The zero-order chi connectivity index (χ0) is 13.8. The Bertz CT molecular complexity index is 402. The second-order valence-electron chi connectivity index (χ2n) is 6.22. The summed E-state index contributed by atoms with van der Waals surface area (Å²) in [6, 6.07) is 9.04. The van der Waals surface area contributed by atoms with Crippen molar-refractivity contribution < 1.29 is 0 Å². The van der Waals surface area contributed by atoms with E-state index < -0.39 is 0 Å². The van der Waals surface area contributed by atoms with Crippen molar-refractivity contribution in [2.24, 2.45) is 23.6 Å². The molecule has 19 heavy (non-hydrogen) atoms. The van der Waals surface area contributed by atoms with Crippen LogP contribution < -0.4 is 11.3 Å². The molecule has 0 saturated heterocycles. The molecule has 2 heteroatoms. The molecule has 0 heterocycles. The first-order chi connectivity index (χ1) is 9.17. The first kappa shape index (κ1) is 14.5. The van der Waals surface area contributed by atoms with E-state index in [2.05, 4.69) is 50.5 Å². The van der Waals surface area contributed by atoms with Crippen molar-refractivity contribution >= 4 is 0 Å². The van der Waals surface area contributed by atoms with Crippen molar-refractivity contribution in [2.45, 2.75) is 52.5 Å². The minimum Gasteiger partial charge on any atom is -0.271 e. The normalized spacial score (nSPS) is 29.2. The third-order valence-electron chi connectivity index (χ3n) is 5.06. The Morgan fingerprint density at radius 1 is 1.21 bits per heavy atom. The van der Waals surface area contributed by atoms with Gasteiger partial charge in [0.05, 0.1) is 0 Å². The van der Waals surface area contributed by atoms with Crippen LogP contribution >= 0.6 is 0 Å². The second kappa shape index (κ2) is 6.53. The smallest absolute Gasteiger partial charge is 0.0490 e. The molecule has 2 rings (SSSR count). The van der Waals surface area contributed by atoms with Gasteiger partial charge in [-0.3, -0.25) is 11.3 Å². The molecule has 1 fully saturated rings. The van der Waals surface area contributed by atoms with E-state index in [0.29, 0.717) is 12.0 Å². The highest BCUT2D eigenvalue weighted by Crippen LogP contribution is 2.40. The molecule has 1 saturated carbocycles. The molecule has 2 nitrogen and oxygen atoms in total. The minimum atomic E-state index is 0.311. The molecule has 1 aromatic rings. The van der Waals surface area contributed by atoms with E-state index in [1.165, 1.54) is 30.4 Å². The average molecular weight is 260 g/mol. The lowest BCUT2D eigenvalue weighted by Gasteiger charge is -2.37. The monoisotopic (exact) mass is 260 g/mol. The van der Waals surface area contributed by atoms with Gasteiger partial charge < -0.3 is 0 Å². The van der Waals surface area contributed by atoms with Crippen LogP contribution in [0, 0.1) is 17.8 Å². The molecule has 1 aliphatic carbocycles. The van der Waals surface area contributed by atoms with E-state index in [1.807, 2.05) is 0 Å². The molecule has 0 radical (unpaired) electrons. The molecule has 0 spiro atoms. The van der Waals surface area contributed by atoms with Crippen molar-refractivity contribution in [1.29, 1.82) is 0 Å². The van der Waals surface area contributed by atoms with Gasteiger partial charge in [0, 0.05) is 6.04 Å². The fraction of sp³-hybridized carbons (Fsp3) is 0.647. The van der Waals surface area contributed by atoms with Crippen LogP contribution in [0.1, 0.15) is 57.2 Å². The number of nitrogens with two attached hydrogens (primary N) is 1.